The van der Waals surface area contributed by atoms with Crippen molar-refractivity contribution in [1.29, 1.82) is 0 Å². The van der Waals surface area contributed by atoms with Gasteiger partial charge in [0, 0.05) is 0 Å². The van der Waals surface area contributed by atoms with Crippen LogP contribution < -0.4 is 15.2 Å². The minimum absolute atomic E-state index is 0.142. The van der Waals surface area contributed by atoms with Gasteiger partial charge in [-0.05, 0) is 29.8 Å². The number of aromatic nitrogens is 4. The number of benzene rings is 1. The smallest absolute Gasteiger partial charge is 0.256 e. The van der Waals surface area contributed by atoms with Gasteiger partial charge in [0.05, 0.1) is 0 Å². The van der Waals surface area contributed by atoms with Crippen LogP contribution in [0.4, 0.5) is 0 Å². The zero-order valence-corrected chi connectivity index (χ0v) is 9.17. The molecule has 17 heavy (non-hydrogen) atoms. The van der Waals surface area contributed by atoms with Crippen LogP contribution in [0.25, 0.3) is 0 Å². The Hall–Kier alpha value is -2.15. The minimum atomic E-state index is -1.20. The maximum Gasteiger partial charge on any atom is 0.256 e. The molecule has 1 aromatic carbocycles. The van der Waals surface area contributed by atoms with Gasteiger partial charge in [0.25, 0.3) is 5.72 Å². The van der Waals surface area contributed by atoms with Crippen LogP contribution in [-0.4, -0.2) is 27.2 Å². The number of nitrogens with zero attached hydrogens (tertiary/aromatic N) is 3. The van der Waals surface area contributed by atoms with Crippen LogP contribution in [0.5, 0.6) is 11.5 Å². The van der Waals surface area contributed by atoms with E-state index in [1.165, 1.54) is 0 Å². The lowest BCUT2D eigenvalue weighted by Crippen LogP contribution is -2.51. The predicted molar refractivity (Wildman–Crippen MR) is 57.3 cm³/mol. The summed E-state index contributed by atoms with van der Waals surface area (Å²) in [6.07, 6.45) is 0. The van der Waals surface area contributed by atoms with E-state index in [0.717, 1.165) is 5.56 Å². The van der Waals surface area contributed by atoms with Crippen LogP contribution in [0.3, 0.4) is 0 Å². The molecule has 2 aromatic rings. The first kappa shape index (κ1) is 10.0. The molecule has 7 heteroatoms. The summed E-state index contributed by atoms with van der Waals surface area (Å²) in [6.45, 7) is 2.12. The highest BCUT2D eigenvalue weighted by Crippen LogP contribution is 2.36. The van der Waals surface area contributed by atoms with Gasteiger partial charge in [0.1, 0.15) is 6.61 Å². The van der Waals surface area contributed by atoms with Gasteiger partial charge in [-0.25, -0.2) is 0 Å². The number of nitrogens with two attached hydrogens (primary N) is 1. The highest BCUT2D eigenvalue weighted by atomic mass is 16.6. The van der Waals surface area contributed by atoms with Gasteiger partial charge in [-0.1, -0.05) is 6.07 Å². The van der Waals surface area contributed by atoms with Gasteiger partial charge in [-0.15, -0.1) is 10.2 Å². The molecular weight excluding hydrogens is 222 g/mol. The molecule has 3 rings (SSSR count). The SMILES string of the molecule is Cc1ccc2c(c1)OCC(N)(c1nn[nH]n1)O2. The summed E-state index contributed by atoms with van der Waals surface area (Å²) >= 11 is 0. The van der Waals surface area contributed by atoms with Gasteiger partial charge >= 0.3 is 0 Å². The van der Waals surface area contributed by atoms with Crippen LogP contribution in [0, 0.1) is 6.92 Å². The molecule has 88 valence electrons. The molecule has 1 aliphatic rings. The van der Waals surface area contributed by atoms with Crippen LogP contribution in [0.1, 0.15) is 11.4 Å². The Balaban J connectivity index is 1.97. The Kier molecular flexibility index (Phi) is 2.02. The zero-order valence-electron chi connectivity index (χ0n) is 9.17. The highest BCUT2D eigenvalue weighted by Gasteiger charge is 2.39. The Morgan fingerprint density at radius 2 is 2.29 bits per heavy atom. The van der Waals surface area contributed by atoms with Crippen molar-refractivity contribution in [2.24, 2.45) is 5.73 Å². The maximum atomic E-state index is 6.05. The van der Waals surface area contributed by atoms with E-state index in [2.05, 4.69) is 20.6 Å². The number of nitrogens with one attached hydrogen (secondary N) is 1. The molecule has 0 radical (unpaired) electrons. The van der Waals surface area contributed by atoms with E-state index >= 15 is 0 Å². The van der Waals surface area contributed by atoms with Gasteiger partial charge < -0.3 is 9.47 Å². The van der Waals surface area contributed by atoms with E-state index in [4.69, 9.17) is 15.2 Å². The summed E-state index contributed by atoms with van der Waals surface area (Å²) in [6, 6.07) is 5.63. The van der Waals surface area contributed by atoms with E-state index in [9.17, 15) is 0 Å². The number of tetrazole rings is 1. The first-order valence-electron chi connectivity index (χ1n) is 5.13. The summed E-state index contributed by atoms with van der Waals surface area (Å²) in [5, 5.41) is 13.5. The molecule has 1 unspecified atom stereocenters. The number of aromatic amines is 1. The van der Waals surface area contributed by atoms with Gasteiger partial charge in [0.2, 0.25) is 5.82 Å². The second-order valence-corrected chi connectivity index (χ2v) is 3.97. The Morgan fingerprint density at radius 3 is 3.06 bits per heavy atom. The molecule has 1 atom stereocenters. The lowest BCUT2D eigenvalue weighted by Gasteiger charge is -2.32. The van der Waals surface area contributed by atoms with Crippen LogP contribution >= 0.6 is 0 Å². The van der Waals surface area contributed by atoms with E-state index < -0.39 is 5.72 Å². The number of hydrogen-bond acceptors (Lipinski definition) is 6. The monoisotopic (exact) mass is 233 g/mol. The standard InChI is InChI=1S/C10H11N5O2/c1-6-2-3-7-8(4-6)16-5-10(11,17-7)9-12-14-15-13-9/h2-4H,5,11H2,1H3,(H,12,13,14,15). The van der Waals surface area contributed by atoms with E-state index in [1.807, 2.05) is 25.1 Å². The van der Waals surface area contributed by atoms with Crippen molar-refractivity contribution >= 4 is 0 Å². The molecule has 1 aromatic heterocycles. The fraction of sp³-hybridized carbons (Fsp3) is 0.300. The average Bonchev–Trinajstić information content (AvgIpc) is 2.84. The average molecular weight is 233 g/mol. The number of hydrogen-bond donors (Lipinski definition) is 2. The molecule has 1 aliphatic heterocycles. The number of H-pyrrole nitrogens is 1. The lowest BCUT2D eigenvalue weighted by molar-refractivity contribution is -0.0148. The van der Waals surface area contributed by atoms with E-state index in [0.29, 0.717) is 11.5 Å². The lowest BCUT2D eigenvalue weighted by atomic mass is 10.1. The second-order valence-electron chi connectivity index (χ2n) is 3.97. The summed E-state index contributed by atoms with van der Waals surface area (Å²) in [5.74, 6) is 1.52. The Morgan fingerprint density at radius 1 is 1.41 bits per heavy atom. The first-order chi connectivity index (χ1) is 8.17. The predicted octanol–water partition coefficient (Wildman–Crippen LogP) is 0.0910. The van der Waals surface area contributed by atoms with Gasteiger partial charge in [0.15, 0.2) is 11.5 Å². The molecule has 0 aliphatic carbocycles. The topological polar surface area (TPSA) is 98.9 Å². The molecule has 2 heterocycles. The van der Waals surface area contributed by atoms with E-state index in [1.54, 1.807) is 0 Å². The maximum absolute atomic E-state index is 6.05. The van der Waals surface area contributed by atoms with Crippen LogP contribution in [0.15, 0.2) is 18.2 Å². The quantitative estimate of drug-likeness (QED) is 0.724. The van der Waals surface area contributed by atoms with Crippen molar-refractivity contribution in [2.45, 2.75) is 12.6 Å². The van der Waals surface area contributed by atoms with Gasteiger partial charge in [-0.3, -0.25) is 5.73 Å². The van der Waals surface area contributed by atoms with Crippen molar-refractivity contribution in [3.63, 3.8) is 0 Å². The molecule has 0 bridgehead atoms. The molecule has 0 saturated carbocycles. The normalized spacial score (nSPS) is 22.5. The van der Waals surface area contributed by atoms with E-state index in [-0.39, 0.29) is 12.4 Å². The Labute approximate surface area is 96.9 Å². The minimum Gasteiger partial charge on any atom is -0.483 e. The molecule has 0 fully saturated rings. The van der Waals surface area contributed by atoms with Crippen molar-refractivity contribution in [1.82, 2.24) is 20.6 Å². The first-order valence-corrected chi connectivity index (χ1v) is 5.13. The number of ether oxygens (including phenoxy) is 2. The van der Waals surface area contributed by atoms with Crippen LogP contribution in [-0.2, 0) is 5.72 Å². The third-order valence-corrected chi connectivity index (χ3v) is 2.56. The van der Waals surface area contributed by atoms with Crippen molar-refractivity contribution < 1.29 is 9.47 Å². The number of fused-ring (bicyclic) bond motifs is 1. The molecule has 7 nitrogen and oxygen atoms in total. The number of aryl methyl sites for hydroxylation is 1. The van der Waals surface area contributed by atoms with Crippen LogP contribution in [0.2, 0.25) is 0 Å². The summed E-state index contributed by atoms with van der Waals surface area (Å²) in [7, 11) is 0. The third-order valence-electron chi connectivity index (χ3n) is 2.56. The summed E-state index contributed by atoms with van der Waals surface area (Å²) < 4.78 is 11.3. The van der Waals surface area contributed by atoms with Crippen molar-refractivity contribution in [2.75, 3.05) is 6.61 Å². The molecule has 0 amide bonds. The molecular formula is C10H11N5O2. The van der Waals surface area contributed by atoms with Crippen molar-refractivity contribution in [3.05, 3.63) is 29.6 Å². The molecule has 0 spiro atoms. The molecule has 0 saturated heterocycles. The molecule has 3 N–H and O–H groups in total. The van der Waals surface area contributed by atoms with Gasteiger partial charge in [-0.2, -0.15) is 5.21 Å². The summed E-state index contributed by atoms with van der Waals surface area (Å²) in [5.41, 5.74) is 5.94. The van der Waals surface area contributed by atoms with Crippen molar-refractivity contribution in [3.8, 4) is 11.5 Å². The fourth-order valence-corrected chi connectivity index (χ4v) is 1.67. The third kappa shape index (κ3) is 1.60. The zero-order chi connectivity index (χ0) is 11.9. The second kappa shape index (κ2) is 3.42. The summed E-state index contributed by atoms with van der Waals surface area (Å²) in [4.78, 5) is 0. The number of rotatable bonds is 1. The highest BCUT2D eigenvalue weighted by molar-refractivity contribution is 5.44. The largest absolute Gasteiger partial charge is 0.483 e. The Bertz CT molecular complexity index is 542. The fourth-order valence-electron chi connectivity index (χ4n) is 1.67.